The van der Waals surface area contributed by atoms with Crippen LogP contribution in [-0.2, 0) is 6.54 Å². The van der Waals surface area contributed by atoms with E-state index in [0.717, 1.165) is 17.0 Å². The van der Waals surface area contributed by atoms with Crippen molar-refractivity contribution in [3.63, 3.8) is 0 Å². The first kappa shape index (κ1) is 12.5. The van der Waals surface area contributed by atoms with Crippen LogP contribution in [0, 0.1) is 6.92 Å². The maximum absolute atomic E-state index is 5.09. The van der Waals surface area contributed by atoms with Crippen molar-refractivity contribution >= 4 is 16.9 Å². The molecule has 3 rings (SSSR count). The summed E-state index contributed by atoms with van der Waals surface area (Å²) in [5, 5.41) is 3.32. The van der Waals surface area contributed by atoms with Crippen molar-refractivity contribution in [2.75, 3.05) is 12.4 Å². The number of aromatic amines is 1. The molecule has 0 unspecified atom stereocenters. The summed E-state index contributed by atoms with van der Waals surface area (Å²) < 4.78 is 5.09. The quantitative estimate of drug-likeness (QED) is 0.763. The first-order valence-electron chi connectivity index (χ1n) is 6.45. The molecule has 0 atom stereocenters. The third-order valence-electron chi connectivity index (χ3n) is 3.09. The van der Waals surface area contributed by atoms with Crippen LogP contribution in [0.5, 0.6) is 5.88 Å². The van der Waals surface area contributed by atoms with E-state index < -0.39 is 0 Å². The minimum atomic E-state index is 0.571. The molecule has 0 aliphatic rings. The Morgan fingerprint density at radius 3 is 2.65 bits per heavy atom. The van der Waals surface area contributed by atoms with E-state index in [0.29, 0.717) is 18.1 Å². The summed E-state index contributed by atoms with van der Waals surface area (Å²) in [6.07, 6.45) is 0. The number of ether oxygens (including phenoxy) is 1. The number of benzene rings is 1. The van der Waals surface area contributed by atoms with Crippen LogP contribution in [-0.4, -0.2) is 22.1 Å². The third-order valence-corrected chi connectivity index (χ3v) is 3.09. The Balaban J connectivity index is 1.75. The molecular formula is C15H16N4O. The van der Waals surface area contributed by atoms with Gasteiger partial charge in [-0.3, -0.25) is 0 Å². The van der Waals surface area contributed by atoms with Gasteiger partial charge in [0.25, 0.3) is 0 Å². The molecule has 102 valence electrons. The van der Waals surface area contributed by atoms with E-state index in [4.69, 9.17) is 4.74 Å². The van der Waals surface area contributed by atoms with E-state index in [1.165, 1.54) is 5.56 Å². The Morgan fingerprint density at radius 2 is 1.90 bits per heavy atom. The van der Waals surface area contributed by atoms with Crippen LogP contribution in [0.4, 0.5) is 5.69 Å². The summed E-state index contributed by atoms with van der Waals surface area (Å²) in [4.78, 5) is 12.0. The molecule has 1 aromatic carbocycles. The van der Waals surface area contributed by atoms with Gasteiger partial charge in [-0.05, 0) is 25.1 Å². The van der Waals surface area contributed by atoms with Crippen LogP contribution >= 0.6 is 0 Å². The number of imidazole rings is 1. The van der Waals surface area contributed by atoms with Gasteiger partial charge < -0.3 is 15.0 Å². The predicted octanol–water partition coefficient (Wildman–Crippen LogP) is 2.89. The number of hydrogen-bond acceptors (Lipinski definition) is 4. The summed E-state index contributed by atoms with van der Waals surface area (Å²) in [6.45, 7) is 2.70. The Bertz CT molecular complexity index is 718. The van der Waals surface area contributed by atoms with Gasteiger partial charge in [-0.2, -0.15) is 4.98 Å². The number of rotatable bonds is 4. The fourth-order valence-corrected chi connectivity index (χ4v) is 1.98. The molecule has 2 aromatic heterocycles. The largest absolute Gasteiger partial charge is 0.481 e. The number of nitrogens with one attached hydrogen (secondary N) is 2. The van der Waals surface area contributed by atoms with Crippen molar-refractivity contribution in [3.05, 3.63) is 47.8 Å². The highest BCUT2D eigenvalue weighted by atomic mass is 16.5. The molecule has 0 fully saturated rings. The molecule has 0 bridgehead atoms. The zero-order valence-corrected chi connectivity index (χ0v) is 11.5. The molecule has 20 heavy (non-hydrogen) atoms. The van der Waals surface area contributed by atoms with Crippen LogP contribution in [0.3, 0.4) is 0 Å². The number of H-pyrrole nitrogens is 1. The predicted molar refractivity (Wildman–Crippen MR) is 78.9 cm³/mol. The average molecular weight is 268 g/mol. The van der Waals surface area contributed by atoms with E-state index in [-0.39, 0.29) is 0 Å². The molecule has 0 aliphatic heterocycles. The number of pyridine rings is 1. The molecule has 0 saturated heterocycles. The van der Waals surface area contributed by atoms with Gasteiger partial charge in [0, 0.05) is 11.8 Å². The van der Waals surface area contributed by atoms with Gasteiger partial charge in [0.15, 0.2) is 5.65 Å². The molecule has 5 heteroatoms. The summed E-state index contributed by atoms with van der Waals surface area (Å²) in [6, 6.07) is 12.0. The Kier molecular flexibility index (Phi) is 3.25. The Morgan fingerprint density at radius 1 is 1.10 bits per heavy atom. The summed E-state index contributed by atoms with van der Waals surface area (Å²) >= 11 is 0. The second kappa shape index (κ2) is 5.21. The highest BCUT2D eigenvalue weighted by molar-refractivity contribution is 5.71. The van der Waals surface area contributed by atoms with Crippen molar-refractivity contribution in [2.24, 2.45) is 0 Å². The number of hydrogen-bond donors (Lipinski definition) is 2. The monoisotopic (exact) mass is 268 g/mol. The maximum Gasteiger partial charge on any atom is 0.215 e. The van der Waals surface area contributed by atoms with Gasteiger partial charge in [0.2, 0.25) is 5.88 Å². The lowest BCUT2D eigenvalue weighted by molar-refractivity contribution is 0.399. The lowest BCUT2D eigenvalue weighted by Crippen LogP contribution is -2.00. The van der Waals surface area contributed by atoms with Crippen LogP contribution < -0.4 is 10.1 Å². The molecule has 0 amide bonds. The van der Waals surface area contributed by atoms with Gasteiger partial charge in [-0.1, -0.05) is 17.7 Å². The van der Waals surface area contributed by atoms with Crippen LogP contribution in [0.15, 0.2) is 36.4 Å². The second-order valence-electron chi connectivity index (χ2n) is 4.63. The number of aryl methyl sites for hydroxylation is 1. The van der Waals surface area contributed by atoms with E-state index >= 15 is 0 Å². The third kappa shape index (κ3) is 2.56. The standard InChI is InChI=1S/C15H16N4O/c1-10-3-5-11(6-4-10)16-9-13-17-12-7-8-14(20-2)19-15(12)18-13/h3-8,16H,9H2,1-2H3,(H,17,18,19). The van der Waals surface area contributed by atoms with Gasteiger partial charge in [-0.15, -0.1) is 0 Å². The number of methoxy groups -OCH3 is 1. The summed E-state index contributed by atoms with van der Waals surface area (Å²) in [7, 11) is 1.60. The summed E-state index contributed by atoms with van der Waals surface area (Å²) in [5.41, 5.74) is 3.90. The van der Waals surface area contributed by atoms with E-state index in [9.17, 15) is 0 Å². The lowest BCUT2D eigenvalue weighted by atomic mass is 10.2. The number of aromatic nitrogens is 3. The Hall–Kier alpha value is -2.56. The maximum atomic E-state index is 5.09. The highest BCUT2D eigenvalue weighted by Crippen LogP contribution is 2.15. The minimum Gasteiger partial charge on any atom is -0.481 e. The molecule has 2 heterocycles. The van der Waals surface area contributed by atoms with Gasteiger partial charge >= 0.3 is 0 Å². The van der Waals surface area contributed by atoms with Crippen molar-refractivity contribution in [3.8, 4) is 5.88 Å². The lowest BCUT2D eigenvalue weighted by Gasteiger charge is -2.04. The SMILES string of the molecule is COc1ccc2[nH]c(CNc3ccc(C)cc3)nc2n1. The van der Waals surface area contributed by atoms with Crippen molar-refractivity contribution < 1.29 is 4.74 Å². The first-order valence-corrected chi connectivity index (χ1v) is 6.45. The topological polar surface area (TPSA) is 62.8 Å². The van der Waals surface area contributed by atoms with Crippen molar-refractivity contribution in [1.82, 2.24) is 15.0 Å². The summed E-state index contributed by atoms with van der Waals surface area (Å²) in [5.74, 6) is 1.42. The van der Waals surface area contributed by atoms with Crippen LogP contribution in [0.25, 0.3) is 11.2 Å². The molecule has 2 N–H and O–H groups in total. The molecule has 0 saturated carbocycles. The molecule has 0 spiro atoms. The minimum absolute atomic E-state index is 0.571. The fourth-order valence-electron chi connectivity index (χ4n) is 1.98. The van der Waals surface area contributed by atoms with Crippen molar-refractivity contribution in [2.45, 2.75) is 13.5 Å². The fraction of sp³-hybridized carbons (Fsp3) is 0.200. The van der Waals surface area contributed by atoms with Gasteiger partial charge in [0.05, 0.1) is 19.2 Å². The molecule has 0 radical (unpaired) electrons. The van der Waals surface area contributed by atoms with E-state index in [1.807, 2.05) is 12.1 Å². The number of anilines is 1. The first-order chi connectivity index (χ1) is 9.74. The normalized spacial score (nSPS) is 10.7. The molecule has 5 nitrogen and oxygen atoms in total. The van der Waals surface area contributed by atoms with Crippen LogP contribution in [0.1, 0.15) is 11.4 Å². The molecular weight excluding hydrogens is 252 g/mol. The second-order valence-corrected chi connectivity index (χ2v) is 4.63. The number of fused-ring (bicyclic) bond motifs is 1. The number of nitrogens with zero attached hydrogens (tertiary/aromatic N) is 2. The van der Waals surface area contributed by atoms with E-state index in [2.05, 4.69) is 51.5 Å². The average Bonchev–Trinajstić information content (AvgIpc) is 2.88. The van der Waals surface area contributed by atoms with Gasteiger partial charge in [0.1, 0.15) is 5.82 Å². The van der Waals surface area contributed by atoms with Gasteiger partial charge in [-0.25, -0.2) is 4.98 Å². The molecule has 0 aliphatic carbocycles. The smallest absolute Gasteiger partial charge is 0.215 e. The Labute approximate surface area is 117 Å². The van der Waals surface area contributed by atoms with E-state index in [1.54, 1.807) is 7.11 Å². The zero-order valence-electron chi connectivity index (χ0n) is 11.5. The molecule has 3 aromatic rings. The van der Waals surface area contributed by atoms with Crippen LogP contribution in [0.2, 0.25) is 0 Å². The highest BCUT2D eigenvalue weighted by Gasteiger charge is 2.05. The zero-order chi connectivity index (χ0) is 13.9. The van der Waals surface area contributed by atoms with Crippen molar-refractivity contribution in [1.29, 1.82) is 0 Å².